The summed E-state index contributed by atoms with van der Waals surface area (Å²) in [6.45, 7) is 2.04. The number of benzene rings is 2. The van der Waals surface area contributed by atoms with E-state index in [1.807, 2.05) is 37.3 Å². The van der Waals surface area contributed by atoms with Crippen molar-refractivity contribution in [1.82, 2.24) is 4.98 Å². The number of phenols is 1. The van der Waals surface area contributed by atoms with Gasteiger partial charge < -0.3 is 10.1 Å². The van der Waals surface area contributed by atoms with Crippen molar-refractivity contribution in [3.63, 3.8) is 0 Å². The van der Waals surface area contributed by atoms with Gasteiger partial charge in [-0.25, -0.2) is 0 Å². The van der Waals surface area contributed by atoms with Crippen molar-refractivity contribution in [2.75, 3.05) is 0 Å². The van der Waals surface area contributed by atoms with Crippen molar-refractivity contribution in [3.8, 4) is 5.75 Å². The molecular weight excluding hydrogens is 186 g/mol. The van der Waals surface area contributed by atoms with Gasteiger partial charge in [0.15, 0.2) is 0 Å². The predicted octanol–water partition coefficient (Wildman–Crippen LogP) is 3.34. The van der Waals surface area contributed by atoms with Crippen LogP contribution in [0, 0.1) is 6.92 Å². The highest BCUT2D eigenvalue weighted by atomic mass is 16.3. The maximum Gasteiger partial charge on any atom is 0.125 e. The first-order valence-corrected chi connectivity index (χ1v) is 4.96. The second-order valence-corrected chi connectivity index (χ2v) is 3.82. The summed E-state index contributed by atoms with van der Waals surface area (Å²) in [7, 11) is 0. The largest absolute Gasteiger partial charge is 0.507 e. The van der Waals surface area contributed by atoms with Gasteiger partial charge in [-0.2, -0.15) is 0 Å². The molecule has 0 unspecified atom stereocenters. The molecule has 0 aliphatic carbocycles. The van der Waals surface area contributed by atoms with Crippen molar-refractivity contribution in [2.24, 2.45) is 0 Å². The maximum absolute atomic E-state index is 9.86. The third-order valence-electron chi connectivity index (χ3n) is 2.85. The minimum atomic E-state index is 0.341. The topological polar surface area (TPSA) is 36.0 Å². The van der Waals surface area contributed by atoms with Crippen molar-refractivity contribution in [2.45, 2.75) is 6.92 Å². The third-order valence-corrected chi connectivity index (χ3v) is 2.85. The van der Waals surface area contributed by atoms with Crippen LogP contribution in [-0.4, -0.2) is 10.1 Å². The lowest BCUT2D eigenvalue weighted by atomic mass is 10.1. The first-order chi connectivity index (χ1) is 7.27. The maximum atomic E-state index is 9.86. The number of rotatable bonds is 0. The molecule has 2 nitrogen and oxygen atoms in total. The second-order valence-electron chi connectivity index (χ2n) is 3.82. The first-order valence-electron chi connectivity index (χ1n) is 4.96. The minimum Gasteiger partial charge on any atom is -0.507 e. The Morgan fingerprint density at radius 1 is 1.07 bits per heavy atom. The average molecular weight is 197 g/mol. The van der Waals surface area contributed by atoms with Gasteiger partial charge in [-0.15, -0.1) is 0 Å². The molecule has 1 heterocycles. The van der Waals surface area contributed by atoms with Crippen molar-refractivity contribution in [3.05, 3.63) is 42.0 Å². The summed E-state index contributed by atoms with van der Waals surface area (Å²) < 4.78 is 0. The Kier molecular flexibility index (Phi) is 1.54. The summed E-state index contributed by atoms with van der Waals surface area (Å²) in [5, 5.41) is 11.9. The number of hydrogen-bond donors (Lipinski definition) is 2. The Hall–Kier alpha value is -1.96. The second kappa shape index (κ2) is 2.76. The zero-order valence-corrected chi connectivity index (χ0v) is 8.41. The molecule has 0 aliphatic heterocycles. The molecule has 0 saturated heterocycles. The summed E-state index contributed by atoms with van der Waals surface area (Å²) in [6, 6.07) is 11.7. The molecule has 0 aliphatic rings. The molecule has 15 heavy (non-hydrogen) atoms. The number of aromatic amines is 1. The highest BCUT2D eigenvalue weighted by molar-refractivity contribution is 6.11. The molecule has 2 N–H and O–H groups in total. The first kappa shape index (κ1) is 8.36. The van der Waals surface area contributed by atoms with E-state index in [1.165, 1.54) is 0 Å². The highest BCUT2D eigenvalue weighted by Gasteiger charge is 2.08. The highest BCUT2D eigenvalue weighted by Crippen LogP contribution is 2.33. The minimum absolute atomic E-state index is 0.341. The number of phenolic OH excluding ortho intramolecular Hbond substituents is 1. The normalized spacial score (nSPS) is 11.3. The summed E-state index contributed by atoms with van der Waals surface area (Å²) in [4.78, 5) is 3.33. The Labute approximate surface area is 87.2 Å². The fraction of sp³-hybridized carbons (Fsp3) is 0.0769. The molecule has 0 amide bonds. The van der Waals surface area contributed by atoms with Crippen molar-refractivity contribution in [1.29, 1.82) is 0 Å². The molecule has 3 aromatic rings. The van der Waals surface area contributed by atoms with Gasteiger partial charge in [0.2, 0.25) is 0 Å². The van der Waals surface area contributed by atoms with Gasteiger partial charge in [0.05, 0.1) is 5.52 Å². The fourth-order valence-electron chi connectivity index (χ4n) is 2.07. The lowest BCUT2D eigenvalue weighted by Crippen LogP contribution is -1.75. The number of fused-ring (bicyclic) bond motifs is 3. The van der Waals surface area contributed by atoms with Gasteiger partial charge >= 0.3 is 0 Å². The Morgan fingerprint density at radius 3 is 2.73 bits per heavy atom. The molecule has 2 aromatic carbocycles. The molecule has 3 rings (SSSR count). The van der Waals surface area contributed by atoms with Crippen LogP contribution >= 0.6 is 0 Å². The van der Waals surface area contributed by atoms with Crippen LogP contribution < -0.4 is 0 Å². The van der Waals surface area contributed by atoms with E-state index < -0.39 is 0 Å². The van der Waals surface area contributed by atoms with Gasteiger partial charge in [0.25, 0.3) is 0 Å². The number of nitrogens with one attached hydrogen (secondary N) is 1. The van der Waals surface area contributed by atoms with Crippen LogP contribution in [0.15, 0.2) is 36.4 Å². The lowest BCUT2D eigenvalue weighted by molar-refractivity contribution is 0.482. The van der Waals surface area contributed by atoms with Gasteiger partial charge in [-0.05, 0) is 24.6 Å². The molecule has 0 radical (unpaired) electrons. The molecule has 0 spiro atoms. The van der Waals surface area contributed by atoms with Crippen LogP contribution in [-0.2, 0) is 0 Å². The predicted molar refractivity (Wildman–Crippen MR) is 62.2 cm³/mol. The number of aromatic nitrogens is 1. The van der Waals surface area contributed by atoms with E-state index >= 15 is 0 Å². The van der Waals surface area contributed by atoms with E-state index in [0.717, 1.165) is 27.4 Å². The summed E-state index contributed by atoms with van der Waals surface area (Å²) in [5.74, 6) is 0.341. The van der Waals surface area contributed by atoms with Crippen LogP contribution in [0.25, 0.3) is 21.8 Å². The number of aromatic hydroxyl groups is 1. The van der Waals surface area contributed by atoms with E-state index in [0.29, 0.717) is 5.75 Å². The van der Waals surface area contributed by atoms with E-state index in [1.54, 1.807) is 6.07 Å². The van der Waals surface area contributed by atoms with E-state index in [4.69, 9.17) is 0 Å². The molecule has 0 saturated carbocycles. The third kappa shape index (κ3) is 1.05. The van der Waals surface area contributed by atoms with Gasteiger partial charge in [-0.1, -0.05) is 24.3 Å². The van der Waals surface area contributed by atoms with Crippen LogP contribution in [0.3, 0.4) is 0 Å². The molecular formula is C13H11NO. The molecule has 0 fully saturated rings. The van der Waals surface area contributed by atoms with E-state index in [2.05, 4.69) is 4.98 Å². The van der Waals surface area contributed by atoms with E-state index in [9.17, 15) is 5.11 Å². The van der Waals surface area contributed by atoms with Crippen LogP contribution in [0.2, 0.25) is 0 Å². The Morgan fingerprint density at radius 2 is 1.87 bits per heavy atom. The smallest absolute Gasteiger partial charge is 0.125 e. The van der Waals surface area contributed by atoms with Gasteiger partial charge in [-0.3, -0.25) is 0 Å². The molecule has 0 atom stereocenters. The molecule has 74 valence electrons. The van der Waals surface area contributed by atoms with Crippen LogP contribution in [0.5, 0.6) is 5.75 Å². The number of hydrogen-bond acceptors (Lipinski definition) is 1. The fourth-order valence-corrected chi connectivity index (χ4v) is 2.07. The van der Waals surface area contributed by atoms with Gasteiger partial charge in [0.1, 0.15) is 5.75 Å². The Balaban J connectivity index is 2.66. The van der Waals surface area contributed by atoms with Crippen molar-refractivity contribution < 1.29 is 5.11 Å². The summed E-state index contributed by atoms with van der Waals surface area (Å²) >= 11 is 0. The molecule has 2 heteroatoms. The molecule has 1 aromatic heterocycles. The van der Waals surface area contributed by atoms with E-state index in [-0.39, 0.29) is 0 Å². The zero-order chi connectivity index (χ0) is 10.4. The molecule has 0 bridgehead atoms. The van der Waals surface area contributed by atoms with Crippen LogP contribution in [0.1, 0.15) is 5.56 Å². The summed E-state index contributed by atoms with van der Waals surface area (Å²) in [5.41, 5.74) is 3.24. The number of para-hydroxylation sites is 1. The Bertz CT molecular complexity index is 652. The van der Waals surface area contributed by atoms with Crippen LogP contribution in [0.4, 0.5) is 0 Å². The lowest BCUT2D eigenvalue weighted by Gasteiger charge is -1.98. The zero-order valence-electron chi connectivity index (χ0n) is 8.41. The quantitative estimate of drug-likeness (QED) is 0.569. The number of aryl methyl sites for hydroxylation is 1. The number of H-pyrrole nitrogens is 1. The monoisotopic (exact) mass is 197 g/mol. The standard InChI is InChI=1S/C13H11NO/c1-8-6-7-11(15)12-9-4-2-3-5-10(9)14-13(8)12/h2-7,14-15H,1H3. The van der Waals surface area contributed by atoms with Gasteiger partial charge in [0, 0.05) is 16.3 Å². The van der Waals surface area contributed by atoms with Crippen molar-refractivity contribution >= 4 is 21.8 Å². The summed E-state index contributed by atoms with van der Waals surface area (Å²) in [6.07, 6.45) is 0. The SMILES string of the molecule is Cc1ccc(O)c2c1[nH]c1ccccc12. The average Bonchev–Trinajstić information content (AvgIpc) is 2.64.